The highest BCUT2D eigenvalue weighted by Gasteiger charge is 2.53. The van der Waals surface area contributed by atoms with Crippen LogP contribution >= 0.6 is 0 Å². The summed E-state index contributed by atoms with van der Waals surface area (Å²) in [5.74, 6) is -8.70. The summed E-state index contributed by atoms with van der Waals surface area (Å²) in [5, 5.41) is 52.8. The molecule has 4 aliphatic rings. The van der Waals surface area contributed by atoms with Gasteiger partial charge in [-0.1, -0.05) is 71.1 Å². The number of amides is 1. The summed E-state index contributed by atoms with van der Waals surface area (Å²) >= 11 is 0. The van der Waals surface area contributed by atoms with Crippen molar-refractivity contribution < 1.29 is 92.1 Å². The first-order chi connectivity index (χ1) is 38.7. The molecule has 2 bridgehead atoms. The number of carbonyl (C=O) groups is 5. The van der Waals surface area contributed by atoms with Gasteiger partial charge in [0.25, 0.3) is 11.7 Å². The zero-order valence-corrected chi connectivity index (χ0v) is 49.8. The van der Waals surface area contributed by atoms with Crippen LogP contribution in [0.1, 0.15) is 126 Å². The molecule has 1 aliphatic carbocycles. The largest absolute Gasteiger partial charge is 0.460 e. The minimum Gasteiger partial charge on any atom is -0.460 e. The summed E-state index contributed by atoms with van der Waals surface area (Å²) < 4.78 is 53.3. The number of aliphatic hydroxyl groups excluding tert-OH is 4. The average Bonchev–Trinajstić information content (AvgIpc) is 3.57. The Bertz CT molecular complexity index is 2050. The van der Waals surface area contributed by atoms with Crippen LogP contribution in [0.5, 0.6) is 0 Å². The molecule has 3 aliphatic heterocycles. The maximum atomic E-state index is 14.6. The van der Waals surface area contributed by atoms with Crippen molar-refractivity contribution >= 4 is 29.2 Å². The normalized spacial score (nSPS) is 34.9. The van der Waals surface area contributed by atoms with Crippen LogP contribution in [0.4, 0.5) is 0 Å². The number of ketones is 3. The van der Waals surface area contributed by atoms with E-state index in [0.29, 0.717) is 63.4 Å². The van der Waals surface area contributed by atoms with Gasteiger partial charge < -0.3 is 73.1 Å². The lowest BCUT2D eigenvalue weighted by Crippen LogP contribution is -2.61. The zero-order chi connectivity index (χ0) is 59.6. The molecule has 1 saturated carbocycles. The van der Waals surface area contributed by atoms with Crippen molar-refractivity contribution in [3.63, 3.8) is 0 Å². The van der Waals surface area contributed by atoms with Gasteiger partial charge in [-0.2, -0.15) is 0 Å². The van der Waals surface area contributed by atoms with Crippen molar-refractivity contribution in [3.8, 4) is 0 Å². The Hall–Kier alpha value is -3.61. The van der Waals surface area contributed by atoms with Crippen LogP contribution in [0, 0.1) is 35.5 Å². The molecular formula is C61H99NO19. The molecule has 0 spiro atoms. The highest BCUT2D eigenvalue weighted by Crippen LogP contribution is 2.38. The van der Waals surface area contributed by atoms with Crippen molar-refractivity contribution in [3.05, 3.63) is 47.6 Å². The Kier molecular flexibility index (Phi) is 31.3. The number of fused-ring (bicyclic) bond motifs is 3. The third kappa shape index (κ3) is 22.1. The van der Waals surface area contributed by atoms with Crippen LogP contribution in [0.2, 0.25) is 0 Å². The Balaban J connectivity index is 1.74. The molecule has 5 N–H and O–H groups in total. The van der Waals surface area contributed by atoms with Crippen LogP contribution in [0.25, 0.3) is 0 Å². The predicted molar refractivity (Wildman–Crippen MR) is 300 cm³/mol. The number of allylic oxidation sites excluding steroid dienone is 6. The van der Waals surface area contributed by atoms with E-state index >= 15 is 0 Å². The number of hydrogen-bond donors (Lipinski definition) is 5. The molecule has 20 heteroatoms. The van der Waals surface area contributed by atoms with Gasteiger partial charge in [-0.05, 0) is 107 Å². The monoisotopic (exact) mass is 1150 g/mol. The number of hydrogen-bond acceptors (Lipinski definition) is 19. The lowest BCUT2D eigenvalue weighted by atomic mass is 9.78. The van der Waals surface area contributed by atoms with Crippen molar-refractivity contribution in [1.29, 1.82) is 0 Å². The summed E-state index contributed by atoms with van der Waals surface area (Å²) in [6.07, 6.45) is 8.89. The number of carbonyl (C=O) groups excluding carboxylic acids is 5. The summed E-state index contributed by atoms with van der Waals surface area (Å²) in [6.45, 7) is 13.6. The molecule has 3 fully saturated rings. The summed E-state index contributed by atoms with van der Waals surface area (Å²) in [4.78, 5) is 73.2. The van der Waals surface area contributed by atoms with Crippen LogP contribution in [-0.2, 0) is 66.6 Å². The number of aliphatic hydroxyl groups is 5. The van der Waals surface area contributed by atoms with Crippen molar-refractivity contribution in [2.75, 3.05) is 86.8 Å². The average molecular weight is 1150 g/mol. The van der Waals surface area contributed by atoms with E-state index in [-0.39, 0.29) is 127 Å². The Labute approximate surface area is 480 Å². The van der Waals surface area contributed by atoms with Crippen molar-refractivity contribution in [2.45, 2.75) is 186 Å². The number of piperidine rings is 1. The number of ether oxygens (including phenoxy) is 9. The third-order valence-corrected chi connectivity index (χ3v) is 16.4. The number of esters is 1. The number of nitrogens with zero attached hydrogens (tertiary/aromatic N) is 1. The minimum absolute atomic E-state index is 0.0293. The molecule has 3 heterocycles. The molecule has 0 aromatic carbocycles. The first kappa shape index (κ1) is 69.9. The van der Waals surface area contributed by atoms with E-state index in [0.717, 1.165) is 10.5 Å². The third-order valence-electron chi connectivity index (χ3n) is 16.4. The van der Waals surface area contributed by atoms with E-state index in [2.05, 4.69) is 0 Å². The molecule has 1 amide bonds. The van der Waals surface area contributed by atoms with Crippen LogP contribution in [0.15, 0.2) is 47.6 Å². The second-order valence-corrected chi connectivity index (χ2v) is 22.9. The van der Waals surface area contributed by atoms with Crippen LogP contribution < -0.4 is 0 Å². The standard InChI is InChI=1S/C61H99NO19/c1-39-15-11-10-12-16-40(2)52(79-48(37-77-29-27-75-25-23-63)38-78-30-28-76-26-24-64)35-47-20-18-45(7)61(72,81-47)58(69)59(70)62-22-14-13-17-49(62)60(71)80-53(42(4)33-46-19-21-50(65)54(34-46)73-8)36-51(66)41(3)32-44(6)56(68)57(74-9)55(67)43(5)31-39/h10-12,15-16,32,39,41-43,45-50,52-54,56-57,63-65,68,72H,13-14,17-31,33-38H2,1-9H3/b12-10+,15-11+,40-16+,44-32+/t39-,41-,42-,43-,45-,46+,47+,49+,50-,52?,53+,54-,56-,57+,61-/m1/s1. The van der Waals surface area contributed by atoms with E-state index in [1.165, 1.54) is 7.11 Å². The lowest BCUT2D eigenvalue weighted by Gasteiger charge is -2.43. The predicted octanol–water partition coefficient (Wildman–Crippen LogP) is 4.97. The van der Waals surface area contributed by atoms with E-state index in [1.54, 1.807) is 40.9 Å². The fourth-order valence-corrected chi connectivity index (χ4v) is 11.4. The quantitative estimate of drug-likeness (QED) is 0.0439. The molecule has 2 saturated heterocycles. The summed E-state index contributed by atoms with van der Waals surface area (Å²) in [7, 11) is 2.92. The Morgan fingerprint density at radius 2 is 1.43 bits per heavy atom. The first-order valence-electron chi connectivity index (χ1n) is 29.5. The fraction of sp³-hybridized carbons (Fsp3) is 0.787. The van der Waals surface area contributed by atoms with Gasteiger partial charge >= 0.3 is 5.97 Å². The maximum absolute atomic E-state index is 14.6. The first-order valence-corrected chi connectivity index (χ1v) is 29.5. The van der Waals surface area contributed by atoms with Gasteiger partial charge in [-0.15, -0.1) is 0 Å². The van der Waals surface area contributed by atoms with Gasteiger partial charge in [0, 0.05) is 51.4 Å². The van der Waals surface area contributed by atoms with Crippen LogP contribution in [-0.4, -0.2) is 207 Å². The van der Waals surface area contributed by atoms with Crippen molar-refractivity contribution in [1.82, 2.24) is 4.90 Å². The molecule has 0 radical (unpaired) electrons. The van der Waals surface area contributed by atoms with E-state index < -0.39 is 90.0 Å². The molecule has 4 rings (SSSR count). The van der Waals surface area contributed by atoms with Gasteiger partial charge in [-0.25, -0.2) is 4.79 Å². The number of rotatable bonds is 21. The minimum atomic E-state index is -2.57. The van der Waals surface area contributed by atoms with Gasteiger partial charge in [0.05, 0.1) is 90.5 Å². The number of Topliss-reactive ketones (excluding diaryl/α,β-unsaturated/α-hetero) is 3. The summed E-state index contributed by atoms with van der Waals surface area (Å²) in [5.41, 5.74) is 1.10. The van der Waals surface area contributed by atoms with Crippen molar-refractivity contribution in [2.24, 2.45) is 35.5 Å². The van der Waals surface area contributed by atoms with Crippen LogP contribution in [0.3, 0.4) is 0 Å². The molecule has 1 unspecified atom stereocenters. The SMILES string of the molecule is CO[C@@H]1C[C@H](C[C@@H](C)[C@@H]2CC(=O)[C@H](C)/C=C(\C)[C@@H](O)[C@@H](OC)C(=O)[C@H](C)C[C@H](C)/C=C/C=C/C=C(\C)C(OC(COCCOCCO)COCCOCCO)C[C@@H]3CC[C@@H](C)[C@@](O)(O3)C(=O)C(=O)N3CCCC[C@H]3C(=O)O2)CC[C@H]1O. The van der Waals surface area contributed by atoms with Gasteiger partial charge in [0.15, 0.2) is 5.78 Å². The summed E-state index contributed by atoms with van der Waals surface area (Å²) in [6, 6.07) is -1.21. The molecule has 0 aromatic heterocycles. The maximum Gasteiger partial charge on any atom is 0.329 e. The van der Waals surface area contributed by atoms with Gasteiger partial charge in [0.2, 0.25) is 5.79 Å². The van der Waals surface area contributed by atoms with E-state index in [4.69, 9.17) is 52.8 Å². The number of methoxy groups -OCH3 is 2. The smallest absolute Gasteiger partial charge is 0.329 e. The second-order valence-electron chi connectivity index (χ2n) is 22.9. The number of cyclic esters (lactones) is 1. The highest BCUT2D eigenvalue weighted by atomic mass is 16.6. The molecule has 462 valence electrons. The highest BCUT2D eigenvalue weighted by molar-refractivity contribution is 6.39. The topological polar surface area (TPSA) is 273 Å². The second kappa shape index (κ2) is 36.3. The molecular weight excluding hydrogens is 1050 g/mol. The molecule has 20 nitrogen and oxygen atoms in total. The van der Waals surface area contributed by atoms with Gasteiger partial charge in [0.1, 0.15) is 36.2 Å². The fourth-order valence-electron chi connectivity index (χ4n) is 11.4. The lowest BCUT2D eigenvalue weighted by molar-refractivity contribution is -0.266. The van der Waals surface area contributed by atoms with E-state index in [1.807, 2.05) is 51.2 Å². The molecule has 0 aromatic rings. The van der Waals surface area contributed by atoms with E-state index in [9.17, 15) is 39.3 Å². The Morgan fingerprint density at radius 3 is 2.07 bits per heavy atom. The molecule has 15 atom stereocenters. The Morgan fingerprint density at radius 1 is 0.765 bits per heavy atom. The molecule has 81 heavy (non-hydrogen) atoms. The zero-order valence-electron chi connectivity index (χ0n) is 49.8. The van der Waals surface area contributed by atoms with Gasteiger partial charge in [-0.3, -0.25) is 19.2 Å².